The largest absolute Gasteiger partial charge is 0.487 e. The molecular formula is C14H16BrNOS. The topological polar surface area (TPSA) is 21.3 Å². The van der Waals surface area contributed by atoms with Crippen LogP contribution in [0.4, 0.5) is 0 Å². The SMILES string of the molecule is CNCc1cccc(C)c1OCc1sccc1Br. The number of benzene rings is 1. The number of nitrogens with one attached hydrogen (secondary N) is 1. The van der Waals surface area contributed by atoms with Gasteiger partial charge >= 0.3 is 0 Å². The molecule has 2 rings (SSSR count). The van der Waals surface area contributed by atoms with E-state index in [1.807, 2.05) is 7.05 Å². The average Bonchev–Trinajstić information content (AvgIpc) is 2.75. The molecule has 0 saturated carbocycles. The van der Waals surface area contributed by atoms with Crippen molar-refractivity contribution in [1.82, 2.24) is 5.32 Å². The van der Waals surface area contributed by atoms with Crippen LogP contribution < -0.4 is 10.1 Å². The Morgan fingerprint density at radius 2 is 2.17 bits per heavy atom. The number of thiophene rings is 1. The van der Waals surface area contributed by atoms with Gasteiger partial charge in [-0.05, 0) is 46.9 Å². The zero-order chi connectivity index (χ0) is 13.0. The molecule has 1 aromatic carbocycles. The lowest BCUT2D eigenvalue weighted by molar-refractivity contribution is 0.303. The maximum atomic E-state index is 5.99. The fourth-order valence-electron chi connectivity index (χ4n) is 1.82. The average molecular weight is 326 g/mol. The van der Waals surface area contributed by atoms with Crippen molar-refractivity contribution in [3.63, 3.8) is 0 Å². The van der Waals surface area contributed by atoms with Gasteiger partial charge in [0.25, 0.3) is 0 Å². The molecule has 0 unspecified atom stereocenters. The van der Waals surface area contributed by atoms with Crippen molar-refractivity contribution in [1.29, 1.82) is 0 Å². The highest BCUT2D eigenvalue weighted by atomic mass is 79.9. The Hall–Kier alpha value is -0.840. The van der Waals surface area contributed by atoms with E-state index in [1.165, 1.54) is 16.0 Å². The van der Waals surface area contributed by atoms with Gasteiger partial charge in [0.1, 0.15) is 12.4 Å². The molecule has 0 aliphatic rings. The van der Waals surface area contributed by atoms with Gasteiger partial charge in [0.05, 0.1) is 4.88 Å². The second-order valence-electron chi connectivity index (χ2n) is 4.07. The van der Waals surface area contributed by atoms with Crippen molar-refractivity contribution in [2.24, 2.45) is 0 Å². The van der Waals surface area contributed by atoms with E-state index in [0.29, 0.717) is 6.61 Å². The van der Waals surface area contributed by atoms with Gasteiger partial charge in [0.2, 0.25) is 0 Å². The fraction of sp³-hybridized carbons (Fsp3) is 0.286. The Morgan fingerprint density at radius 1 is 1.33 bits per heavy atom. The molecule has 4 heteroatoms. The number of aryl methyl sites for hydroxylation is 1. The van der Waals surface area contributed by atoms with E-state index < -0.39 is 0 Å². The monoisotopic (exact) mass is 325 g/mol. The molecular weight excluding hydrogens is 310 g/mol. The maximum absolute atomic E-state index is 5.99. The maximum Gasteiger partial charge on any atom is 0.127 e. The standard InChI is InChI=1S/C14H16BrNOS/c1-10-4-3-5-11(8-16-2)14(10)17-9-13-12(15)6-7-18-13/h3-7,16H,8-9H2,1-2H3. The number of hydrogen-bond donors (Lipinski definition) is 1. The van der Waals surface area contributed by atoms with E-state index in [9.17, 15) is 0 Å². The van der Waals surface area contributed by atoms with Gasteiger partial charge in [-0.1, -0.05) is 18.2 Å². The van der Waals surface area contributed by atoms with Gasteiger partial charge in [-0.15, -0.1) is 11.3 Å². The van der Waals surface area contributed by atoms with Crippen LogP contribution in [-0.4, -0.2) is 7.05 Å². The molecule has 2 aromatic rings. The van der Waals surface area contributed by atoms with Crippen LogP contribution in [0.25, 0.3) is 0 Å². The molecule has 0 radical (unpaired) electrons. The van der Waals surface area contributed by atoms with Gasteiger partial charge in [-0.2, -0.15) is 0 Å². The minimum Gasteiger partial charge on any atom is -0.487 e. The normalized spacial score (nSPS) is 10.6. The minimum atomic E-state index is 0.611. The van der Waals surface area contributed by atoms with Crippen molar-refractivity contribution in [2.45, 2.75) is 20.1 Å². The van der Waals surface area contributed by atoms with Gasteiger partial charge in [-0.3, -0.25) is 0 Å². The van der Waals surface area contributed by atoms with E-state index in [1.54, 1.807) is 11.3 Å². The van der Waals surface area contributed by atoms with E-state index >= 15 is 0 Å². The summed E-state index contributed by atoms with van der Waals surface area (Å²) < 4.78 is 7.11. The Labute approximate surface area is 120 Å². The molecule has 18 heavy (non-hydrogen) atoms. The summed E-state index contributed by atoms with van der Waals surface area (Å²) in [6.45, 7) is 3.51. The zero-order valence-corrected chi connectivity index (χ0v) is 12.9. The fourth-order valence-corrected chi connectivity index (χ4v) is 3.19. The molecule has 0 aliphatic carbocycles. The first-order chi connectivity index (χ1) is 8.72. The van der Waals surface area contributed by atoms with Crippen LogP contribution in [0.15, 0.2) is 34.1 Å². The molecule has 0 aliphatic heterocycles. The minimum absolute atomic E-state index is 0.611. The Bertz CT molecular complexity index is 524. The predicted molar refractivity (Wildman–Crippen MR) is 80.3 cm³/mol. The highest BCUT2D eigenvalue weighted by Gasteiger charge is 2.08. The number of ether oxygens (including phenoxy) is 1. The molecule has 1 N–H and O–H groups in total. The quantitative estimate of drug-likeness (QED) is 0.892. The van der Waals surface area contributed by atoms with Crippen LogP contribution in [-0.2, 0) is 13.2 Å². The summed E-state index contributed by atoms with van der Waals surface area (Å²) in [7, 11) is 1.95. The van der Waals surface area contributed by atoms with Gasteiger partial charge < -0.3 is 10.1 Å². The van der Waals surface area contributed by atoms with Gasteiger partial charge in [-0.25, -0.2) is 0 Å². The summed E-state index contributed by atoms with van der Waals surface area (Å²) in [5, 5.41) is 5.23. The lowest BCUT2D eigenvalue weighted by atomic mass is 10.1. The molecule has 0 bridgehead atoms. The van der Waals surface area contributed by atoms with E-state index in [0.717, 1.165) is 16.8 Å². The van der Waals surface area contributed by atoms with Crippen molar-refractivity contribution < 1.29 is 4.74 Å². The first-order valence-electron chi connectivity index (χ1n) is 5.80. The van der Waals surface area contributed by atoms with Crippen molar-refractivity contribution in [2.75, 3.05) is 7.05 Å². The molecule has 2 nitrogen and oxygen atoms in total. The number of halogens is 1. The first kappa shape index (κ1) is 13.6. The summed E-state index contributed by atoms with van der Waals surface area (Å²) in [5.41, 5.74) is 2.38. The third kappa shape index (κ3) is 3.13. The van der Waals surface area contributed by atoms with Crippen molar-refractivity contribution in [3.8, 4) is 5.75 Å². The summed E-state index contributed by atoms with van der Waals surface area (Å²) in [4.78, 5) is 1.22. The summed E-state index contributed by atoms with van der Waals surface area (Å²) in [6.07, 6.45) is 0. The molecule has 96 valence electrons. The van der Waals surface area contributed by atoms with Gasteiger partial charge in [0, 0.05) is 16.6 Å². The van der Waals surface area contributed by atoms with Crippen molar-refractivity contribution in [3.05, 3.63) is 50.1 Å². The van der Waals surface area contributed by atoms with Crippen LogP contribution in [0.5, 0.6) is 5.75 Å². The lowest BCUT2D eigenvalue weighted by Crippen LogP contribution is -2.08. The molecule has 0 atom stereocenters. The van der Waals surface area contributed by atoms with Crippen molar-refractivity contribution >= 4 is 27.3 Å². The molecule has 0 spiro atoms. The summed E-state index contributed by atoms with van der Waals surface area (Å²) >= 11 is 5.23. The Morgan fingerprint density at radius 3 is 2.83 bits per heavy atom. The lowest BCUT2D eigenvalue weighted by Gasteiger charge is -2.13. The molecule has 1 heterocycles. The third-order valence-electron chi connectivity index (χ3n) is 2.70. The highest BCUT2D eigenvalue weighted by molar-refractivity contribution is 9.10. The summed E-state index contributed by atoms with van der Waals surface area (Å²) in [6, 6.07) is 8.30. The smallest absolute Gasteiger partial charge is 0.127 e. The third-order valence-corrected chi connectivity index (χ3v) is 4.60. The van der Waals surface area contributed by atoms with Crippen LogP contribution >= 0.6 is 27.3 Å². The molecule has 0 saturated heterocycles. The van der Waals surface area contributed by atoms with Gasteiger partial charge in [0.15, 0.2) is 0 Å². The molecule has 1 aromatic heterocycles. The zero-order valence-electron chi connectivity index (χ0n) is 10.5. The number of rotatable bonds is 5. The second-order valence-corrected chi connectivity index (χ2v) is 5.93. The van der Waals surface area contributed by atoms with E-state index in [2.05, 4.69) is 57.8 Å². The molecule has 0 fully saturated rings. The number of hydrogen-bond acceptors (Lipinski definition) is 3. The van der Waals surface area contributed by atoms with E-state index in [4.69, 9.17) is 4.74 Å². The number of para-hydroxylation sites is 1. The second kappa shape index (κ2) is 6.36. The van der Waals surface area contributed by atoms with Crippen LogP contribution in [0, 0.1) is 6.92 Å². The van der Waals surface area contributed by atoms with Crippen LogP contribution in [0.1, 0.15) is 16.0 Å². The predicted octanol–water partition coefficient (Wildman–Crippen LogP) is 4.12. The Balaban J connectivity index is 2.15. The summed E-state index contributed by atoms with van der Waals surface area (Å²) in [5.74, 6) is 0.993. The van der Waals surface area contributed by atoms with Crippen LogP contribution in [0.3, 0.4) is 0 Å². The highest BCUT2D eigenvalue weighted by Crippen LogP contribution is 2.28. The van der Waals surface area contributed by atoms with E-state index in [-0.39, 0.29) is 0 Å². The Kier molecular flexibility index (Phi) is 4.80. The first-order valence-corrected chi connectivity index (χ1v) is 7.47. The van der Waals surface area contributed by atoms with Crippen LogP contribution in [0.2, 0.25) is 0 Å². The molecule has 0 amide bonds.